The van der Waals surface area contributed by atoms with Crippen LogP contribution >= 0.6 is 22.9 Å². The number of aromatic nitrogens is 1. The molecule has 1 N–H and O–H groups in total. The zero-order valence-corrected chi connectivity index (χ0v) is 12.5. The van der Waals surface area contributed by atoms with Gasteiger partial charge < -0.3 is 5.11 Å². The van der Waals surface area contributed by atoms with Crippen LogP contribution < -0.4 is 0 Å². The molecule has 2 rings (SSSR count). The molecule has 5 heteroatoms. The van der Waals surface area contributed by atoms with Crippen molar-refractivity contribution in [3.05, 3.63) is 56.5 Å². The predicted octanol–water partition coefficient (Wildman–Crippen LogP) is 4.05. The zero-order chi connectivity index (χ0) is 14.5. The molecular formula is C15H14ClNO2S. The van der Waals surface area contributed by atoms with Crippen LogP contribution in [0.1, 0.15) is 28.1 Å². The SMILES string of the molecule is CCc1nc(Cc2ccc(Cl)cc2)sc1/C=C/C(=O)O. The number of carbonyl (C=O) groups is 1. The number of aryl methyl sites for hydroxylation is 1. The molecule has 0 aliphatic heterocycles. The van der Waals surface area contributed by atoms with Gasteiger partial charge in [0.1, 0.15) is 0 Å². The molecule has 1 heterocycles. The third-order valence-corrected chi connectivity index (χ3v) is 4.07. The predicted molar refractivity (Wildman–Crippen MR) is 82.4 cm³/mol. The van der Waals surface area contributed by atoms with Crippen molar-refractivity contribution in [1.82, 2.24) is 4.98 Å². The largest absolute Gasteiger partial charge is 0.478 e. The summed E-state index contributed by atoms with van der Waals surface area (Å²) in [6.45, 7) is 2.01. The van der Waals surface area contributed by atoms with Crippen molar-refractivity contribution in [2.45, 2.75) is 19.8 Å². The van der Waals surface area contributed by atoms with Gasteiger partial charge in [-0.05, 0) is 30.2 Å². The summed E-state index contributed by atoms with van der Waals surface area (Å²) in [6, 6.07) is 7.66. The molecule has 0 fully saturated rings. The van der Waals surface area contributed by atoms with E-state index in [1.165, 1.54) is 11.3 Å². The molecule has 3 nitrogen and oxygen atoms in total. The highest BCUT2D eigenvalue weighted by Gasteiger charge is 2.08. The van der Waals surface area contributed by atoms with Crippen LogP contribution in [-0.4, -0.2) is 16.1 Å². The summed E-state index contributed by atoms with van der Waals surface area (Å²) >= 11 is 7.39. The van der Waals surface area contributed by atoms with Crippen molar-refractivity contribution in [2.24, 2.45) is 0 Å². The normalized spacial score (nSPS) is 11.1. The smallest absolute Gasteiger partial charge is 0.328 e. The molecule has 1 aromatic carbocycles. The van der Waals surface area contributed by atoms with Gasteiger partial charge >= 0.3 is 5.97 Å². The Balaban J connectivity index is 2.20. The van der Waals surface area contributed by atoms with E-state index in [1.54, 1.807) is 6.08 Å². The molecule has 104 valence electrons. The van der Waals surface area contributed by atoms with E-state index in [0.717, 1.165) is 40.1 Å². The highest BCUT2D eigenvalue weighted by atomic mass is 35.5. The first kappa shape index (κ1) is 14.8. The molecule has 0 amide bonds. The number of carboxylic acid groups (broad SMARTS) is 1. The topological polar surface area (TPSA) is 50.2 Å². The fourth-order valence-corrected chi connectivity index (χ4v) is 3.02. The number of thiazole rings is 1. The standard InChI is InChI=1S/C15H14ClNO2S/c1-2-12-13(7-8-15(18)19)20-14(17-12)9-10-3-5-11(16)6-4-10/h3-8H,2,9H2,1H3,(H,18,19)/b8-7+. The van der Waals surface area contributed by atoms with Crippen molar-refractivity contribution >= 4 is 35.0 Å². The van der Waals surface area contributed by atoms with E-state index in [-0.39, 0.29) is 0 Å². The van der Waals surface area contributed by atoms with Gasteiger partial charge in [0.15, 0.2) is 0 Å². The molecule has 0 spiro atoms. The fraction of sp³-hybridized carbons (Fsp3) is 0.200. The van der Waals surface area contributed by atoms with Gasteiger partial charge in [0.25, 0.3) is 0 Å². The number of carboxylic acids is 1. The average molecular weight is 308 g/mol. The van der Waals surface area contributed by atoms with Gasteiger partial charge in [-0.15, -0.1) is 11.3 Å². The van der Waals surface area contributed by atoms with Crippen LogP contribution in [0.4, 0.5) is 0 Å². The average Bonchev–Trinajstić information content (AvgIpc) is 2.81. The van der Waals surface area contributed by atoms with Gasteiger partial charge in [0.2, 0.25) is 0 Å². The summed E-state index contributed by atoms with van der Waals surface area (Å²) in [4.78, 5) is 16.1. The van der Waals surface area contributed by atoms with Gasteiger partial charge in [-0.2, -0.15) is 0 Å². The van der Waals surface area contributed by atoms with Crippen molar-refractivity contribution in [2.75, 3.05) is 0 Å². The van der Waals surface area contributed by atoms with E-state index in [0.29, 0.717) is 5.02 Å². The van der Waals surface area contributed by atoms with E-state index in [4.69, 9.17) is 16.7 Å². The van der Waals surface area contributed by atoms with Crippen LogP contribution in [0.5, 0.6) is 0 Å². The third kappa shape index (κ3) is 3.92. The zero-order valence-electron chi connectivity index (χ0n) is 11.0. The number of benzene rings is 1. The van der Waals surface area contributed by atoms with Gasteiger partial charge in [0.05, 0.1) is 15.6 Å². The van der Waals surface area contributed by atoms with Crippen molar-refractivity contribution in [1.29, 1.82) is 0 Å². The maximum Gasteiger partial charge on any atom is 0.328 e. The van der Waals surface area contributed by atoms with Gasteiger partial charge in [0, 0.05) is 17.5 Å². The molecule has 0 radical (unpaired) electrons. The Kier molecular flexibility index (Phi) is 4.93. The van der Waals surface area contributed by atoms with Crippen molar-refractivity contribution < 1.29 is 9.90 Å². The minimum atomic E-state index is -0.945. The van der Waals surface area contributed by atoms with E-state index >= 15 is 0 Å². The fourth-order valence-electron chi connectivity index (χ4n) is 1.80. The summed E-state index contributed by atoms with van der Waals surface area (Å²) in [5, 5.41) is 10.4. The molecule has 0 aliphatic rings. The van der Waals surface area contributed by atoms with E-state index in [2.05, 4.69) is 4.98 Å². The summed E-state index contributed by atoms with van der Waals surface area (Å²) in [7, 11) is 0. The first-order valence-electron chi connectivity index (χ1n) is 6.22. The van der Waals surface area contributed by atoms with Crippen LogP contribution in [0.25, 0.3) is 6.08 Å². The Hall–Kier alpha value is -1.65. The lowest BCUT2D eigenvalue weighted by molar-refractivity contribution is -0.131. The molecule has 0 aliphatic carbocycles. The Morgan fingerprint density at radius 2 is 2.10 bits per heavy atom. The lowest BCUT2D eigenvalue weighted by Gasteiger charge is -1.97. The quantitative estimate of drug-likeness (QED) is 0.848. The highest BCUT2D eigenvalue weighted by Crippen LogP contribution is 2.23. The maximum absolute atomic E-state index is 10.6. The van der Waals surface area contributed by atoms with E-state index in [9.17, 15) is 4.79 Å². The summed E-state index contributed by atoms with van der Waals surface area (Å²) in [6.07, 6.45) is 4.29. The summed E-state index contributed by atoms with van der Waals surface area (Å²) < 4.78 is 0. The highest BCUT2D eigenvalue weighted by molar-refractivity contribution is 7.12. The van der Waals surface area contributed by atoms with E-state index < -0.39 is 5.97 Å². The molecular weight excluding hydrogens is 294 g/mol. The minimum absolute atomic E-state index is 0.715. The summed E-state index contributed by atoms with van der Waals surface area (Å²) in [5.41, 5.74) is 2.08. The van der Waals surface area contributed by atoms with Crippen molar-refractivity contribution in [3.63, 3.8) is 0 Å². The number of hydrogen-bond donors (Lipinski definition) is 1. The Morgan fingerprint density at radius 1 is 1.40 bits per heavy atom. The lowest BCUT2D eigenvalue weighted by Crippen LogP contribution is -1.89. The van der Waals surface area contributed by atoms with Gasteiger partial charge in [-0.25, -0.2) is 9.78 Å². The number of hydrogen-bond acceptors (Lipinski definition) is 3. The first-order chi connectivity index (χ1) is 9.58. The third-order valence-electron chi connectivity index (χ3n) is 2.75. The second-order valence-corrected chi connectivity index (χ2v) is 5.80. The molecule has 1 aromatic heterocycles. The van der Waals surface area contributed by atoms with Crippen LogP contribution in [-0.2, 0) is 17.6 Å². The number of rotatable bonds is 5. The molecule has 20 heavy (non-hydrogen) atoms. The van der Waals surface area contributed by atoms with Gasteiger partial charge in [-0.1, -0.05) is 30.7 Å². The van der Waals surface area contributed by atoms with Crippen molar-refractivity contribution in [3.8, 4) is 0 Å². The maximum atomic E-state index is 10.6. The van der Waals surface area contributed by atoms with Crippen LogP contribution in [0.3, 0.4) is 0 Å². The van der Waals surface area contributed by atoms with Gasteiger partial charge in [-0.3, -0.25) is 0 Å². The molecule has 0 bridgehead atoms. The number of nitrogens with zero attached hydrogens (tertiary/aromatic N) is 1. The molecule has 2 aromatic rings. The molecule has 0 unspecified atom stereocenters. The second-order valence-electron chi connectivity index (χ2n) is 4.25. The molecule has 0 atom stereocenters. The number of aliphatic carboxylic acids is 1. The molecule has 0 saturated carbocycles. The lowest BCUT2D eigenvalue weighted by atomic mass is 10.2. The summed E-state index contributed by atoms with van der Waals surface area (Å²) in [5.74, 6) is -0.945. The van der Waals surface area contributed by atoms with Crippen LogP contribution in [0.15, 0.2) is 30.3 Å². The van der Waals surface area contributed by atoms with Crippen LogP contribution in [0.2, 0.25) is 5.02 Å². The Labute approximate surface area is 126 Å². The monoisotopic (exact) mass is 307 g/mol. The minimum Gasteiger partial charge on any atom is -0.478 e. The Bertz CT molecular complexity index is 632. The molecule has 0 saturated heterocycles. The Morgan fingerprint density at radius 3 is 2.70 bits per heavy atom. The second kappa shape index (κ2) is 6.68. The van der Waals surface area contributed by atoms with E-state index in [1.807, 2.05) is 31.2 Å². The van der Waals surface area contributed by atoms with Crippen LogP contribution in [0, 0.1) is 0 Å². The number of halogens is 1. The first-order valence-corrected chi connectivity index (χ1v) is 7.42.